The molecule has 0 fully saturated rings. The second kappa shape index (κ2) is 7.25. The maximum absolute atomic E-state index is 11.5. The summed E-state index contributed by atoms with van der Waals surface area (Å²) in [5.74, 6) is 1.64. The van der Waals surface area contributed by atoms with E-state index in [0.29, 0.717) is 23.7 Å². The predicted molar refractivity (Wildman–Crippen MR) is 94.3 cm³/mol. The number of rotatable bonds is 6. The Morgan fingerprint density at radius 1 is 1.04 bits per heavy atom. The Kier molecular flexibility index (Phi) is 4.88. The number of ether oxygens (including phenoxy) is 3. The molecule has 1 unspecified atom stereocenters. The number of methoxy groups -OCH3 is 3. The van der Waals surface area contributed by atoms with Crippen molar-refractivity contribution >= 4 is 12.1 Å². The first-order chi connectivity index (χ1) is 12.2. The topological polar surface area (TPSA) is 60.4 Å². The van der Waals surface area contributed by atoms with Crippen molar-refractivity contribution in [2.45, 2.75) is 12.5 Å². The van der Waals surface area contributed by atoms with Crippen LogP contribution in [0.3, 0.4) is 0 Å². The highest BCUT2D eigenvalue weighted by molar-refractivity contribution is 6.03. The molecule has 2 aromatic rings. The van der Waals surface area contributed by atoms with Gasteiger partial charge in [0.1, 0.15) is 0 Å². The van der Waals surface area contributed by atoms with Gasteiger partial charge in [0, 0.05) is 12.0 Å². The molecule has 0 spiro atoms. The quantitative estimate of drug-likeness (QED) is 0.759. The second-order valence-electron chi connectivity index (χ2n) is 5.58. The normalized spacial score (nSPS) is 16.4. The summed E-state index contributed by atoms with van der Waals surface area (Å²) >= 11 is 0. The summed E-state index contributed by atoms with van der Waals surface area (Å²) in [7, 11) is 4.71. The van der Waals surface area contributed by atoms with Crippen LogP contribution in [0.5, 0.6) is 17.2 Å². The number of carbonyl (C=O) groups excluding carboxylic acids is 1. The summed E-state index contributed by atoms with van der Waals surface area (Å²) in [4.78, 5) is 11.5. The van der Waals surface area contributed by atoms with Crippen LogP contribution in [0.4, 0.5) is 0 Å². The zero-order chi connectivity index (χ0) is 17.8. The van der Waals surface area contributed by atoms with Crippen LogP contribution in [0.1, 0.15) is 23.6 Å². The smallest absolute Gasteiger partial charge is 0.230 e. The Hall–Kier alpha value is -3.02. The highest BCUT2D eigenvalue weighted by Gasteiger charge is 2.29. The molecule has 0 aromatic heterocycles. The Morgan fingerprint density at radius 2 is 1.68 bits per heavy atom. The number of hydrazone groups is 1. The molecule has 130 valence electrons. The lowest BCUT2D eigenvalue weighted by atomic mass is 9.98. The number of hydrogen-bond acceptors (Lipinski definition) is 5. The monoisotopic (exact) mass is 340 g/mol. The van der Waals surface area contributed by atoms with Gasteiger partial charge in [0.25, 0.3) is 0 Å². The van der Waals surface area contributed by atoms with E-state index in [9.17, 15) is 4.79 Å². The van der Waals surface area contributed by atoms with Crippen molar-refractivity contribution in [1.29, 1.82) is 0 Å². The standard InChI is InChI=1S/C19H20N2O4/c1-23-17-9-14(10-18(24-2)19(17)25-3)15-11-16(21(12-22)20-15)13-7-5-4-6-8-13/h4-10,12,16H,11H2,1-3H3. The maximum Gasteiger partial charge on any atom is 0.230 e. The van der Waals surface area contributed by atoms with Gasteiger partial charge in [-0.1, -0.05) is 30.3 Å². The Balaban J connectivity index is 1.98. The van der Waals surface area contributed by atoms with E-state index in [1.807, 2.05) is 42.5 Å². The molecule has 1 atom stereocenters. The van der Waals surface area contributed by atoms with Gasteiger partial charge in [-0.05, 0) is 17.7 Å². The molecule has 1 aliphatic heterocycles. The third-order valence-electron chi connectivity index (χ3n) is 4.23. The van der Waals surface area contributed by atoms with Crippen molar-refractivity contribution in [1.82, 2.24) is 5.01 Å². The van der Waals surface area contributed by atoms with Gasteiger partial charge in [0.05, 0.1) is 33.1 Å². The van der Waals surface area contributed by atoms with Gasteiger partial charge in [0.2, 0.25) is 12.2 Å². The molecule has 0 N–H and O–H groups in total. The van der Waals surface area contributed by atoms with Gasteiger partial charge < -0.3 is 14.2 Å². The molecule has 1 heterocycles. The van der Waals surface area contributed by atoms with Crippen molar-refractivity contribution in [2.24, 2.45) is 5.10 Å². The van der Waals surface area contributed by atoms with Crippen molar-refractivity contribution in [3.8, 4) is 17.2 Å². The molecule has 0 radical (unpaired) electrons. The average Bonchev–Trinajstić information content (AvgIpc) is 3.11. The van der Waals surface area contributed by atoms with Crippen LogP contribution in [0.15, 0.2) is 47.6 Å². The molecule has 0 bridgehead atoms. The Labute approximate surface area is 146 Å². The molecule has 3 rings (SSSR count). The highest BCUT2D eigenvalue weighted by atomic mass is 16.5. The van der Waals surface area contributed by atoms with E-state index in [1.54, 1.807) is 21.3 Å². The number of benzene rings is 2. The number of carbonyl (C=O) groups is 1. The molecule has 25 heavy (non-hydrogen) atoms. The molecule has 1 aliphatic rings. The molecule has 2 aromatic carbocycles. The SMILES string of the molecule is COc1cc(C2=NN(C=O)C(c3ccccc3)C2)cc(OC)c1OC. The van der Waals surface area contributed by atoms with Gasteiger partial charge in [-0.15, -0.1) is 0 Å². The maximum atomic E-state index is 11.5. The molecule has 0 aliphatic carbocycles. The van der Waals surface area contributed by atoms with E-state index in [1.165, 1.54) is 5.01 Å². The summed E-state index contributed by atoms with van der Waals surface area (Å²) in [5, 5.41) is 5.92. The summed E-state index contributed by atoms with van der Waals surface area (Å²) in [5.41, 5.74) is 2.67. The fraction of sp³-hybridized carbons (Fsp3) is 0.263. The van der Waals surface area contributed by atoms with Crippen LogP contribution in [0, 0.1) is 0 Å². The van der Waals surface area contributed by atoms with Crippen molar-refractivity contribution in [2.75, 3.05) is 21.3 Å². The minimum Gasteiger partial charge on any atom is -0.493 e. The first kappa shape index (κ1) is 16.8. The van der Waals surface area contributed by atoms with Gasteiger partial charge in [-0.3, -0.25) is 4.79 Å². The number of hydrogen-bond donors (Lipinski definition) is 0. The molecular weight excluding hydrogens is 320 g/mol. The summed E-state index contributed by atoms with van der Waals surface area (Å²) in [6, 6.07) is 13.4. The third-order valence-corrected chi connectivity index (χ3v) is 4.23. The Bertz CT molecular complexity index is 764. The molecule has 1 amide bonds. The third kappa shape index (κ3) is 3.15. The molecule has 6 nitrogen and oxygen atoms in total. The fourth-order valence-electron chi connectivity index (χ4n) is 2.99. The van der Waals surface area contributed by atoms with Crippen molar-refractivity contribution in [3.63, 3.8) is 0 Å². The van der Waals surface area contributed by atoms with Crippen molar-refractivity contribution < 1.29 is 19.0 Å². The predicted octanol–water partition coefficient (Wildman–Crippen LogP) is 3.02. The molecule has 0 saturated carbocycles. The van der Waals surface area contributed by atoms with Gasteiger partial charge >= 0.3 is 0 Å². The van der Waals surface area contributed by atoms with Crippen LogP contribution in [-0.2, 0) is 4.79 Å². The van der Waals surface area contributed by atoms with Gasteiger partial charge in [-0.25, -0.2) is 5.01 Å². The molecule has 0 saturated heterocycles. The van der Waals surface area contributed by atoms with Crippen LogP contribution in [-0.4, -0.2) is 38.5 Å². The molecular formula is C19H20N2O4. The van der Waals surface area contributed by atoms with E-state index < -0.39 is 0 Å². The number of nitrogens with zero attached hydrogens (tertiary/aromatic N) is 2. The summed E-state index contributed by atoms with van der Waals surface area (Å²) < 4.78 is 16.2. The minimum absolute atomic E-state index is 0.118. The van der Waals surface area contributed by atoms with E-state index >= 15 is 0 Å². The van der Waals surface area contributed by atoms with Crippen LogP contribution in [0.25, 0.3) is 0 Å². The average molecular weight is 340 g/mol. The first-order valence-corrected chi connectivity index (χ1v) is 7.88. The van der Waals surface area contributed by atoms with Gasteiger partial charge in [-0.2, -0.15) is 5.10 Å². The van der Waals surface area contributed by atoms with E-state index in [4.69, 9.17) is 14.2 Å². The van der Waals surface area contributed by atoms with E-state index in [-0.39, 0.29) is 6.04 Å². The van der Waals surface area contributed by atoms with E-state index in [0.717, 1.165) is 23.2 Å². The molecule has 6 heteroatoms. The Morgan fingerprint density at radius 3 is 2.20 bits per heavy atom. The fourth-order valence-corrected chi connectivity index (χ4v) is 2.99. The lowest BCUT2D eigenvalue weighted by molar-refractivity contribution is -0.119. The van der Waals surface area contributed by atoms with E-state index in [2.05, 4.69) is 5.10 Å². The largest absolute Gasteiger partial charge is 0.493 e. The lowest BCUT2D eigenvalue weighted by Crippen LogP contribution is -2.17. The highest BCUT2D eigenvalue weighted by Crippen LogP contribution is 2.40. The summed E-state index contributed by atoms with van der Waals surface area (Å²) in [6.07, 6.45) is 1.37. The van der Waals surface area contributed by atoms with Crippen molar-refractivity contribution in [3.05, 3.63) is 53.6 Å². The van der Waals surface area contributed by atoms with Gasteiger partial charge in [0.15, 0.2) is 11.5 Å². The van der Waals surface area contributed by atoms with Crippen LogP contribution < -0.4 is 14.2 Å². The first-order valence-electron chi connectivity index (χ1n) is 7.88. The zero-order valence-corrected chi connectivity index (χ0v) is 14.4. The second-order valence-corrected chi connectivity index (χ2v) is 5.58. The summed E-state index contributed by atoms with van der Waals surface area (Å²) in [6.45, 7) is 0. The van der Waals surface area contributed by atoms with Crippen LogP contribution >= 0.6 is 0 Å². The minimum atomic E-state index is -0.118. The number of amides is 1. The zero-order valence-electron chi connectivity index (χ0n) is 14.4. The van der Waals surface area contributed by atoms with Crippen LogP contribution in [0.2, 0.25) is 0 Å². The lowest BCUT2D eigenvalue weighted by Gasteiger charge is -2.17.